The lowest BCUT2D eigenvalue weighted by Gasteiger charge is -2.07. The standard InChI is InChI=1S/C10H9NO2/c1-2-11-9(12)7-5-3-4-6-8(7)10(11)13/h2-5,8H,1,6H2/t8-/m1/s1. The predicted octanol–water partition coefficient (Wildman–Crippen LogP) is 1.00. The average molecular weight is 175 g/mol. The summed E-state index contributed by atoms with van der Waals surface area (Å²) in [5.41, 5.74) is 0.590. The molecule has 3 heteroatoms. The van der Waals surface area contributed by atoms with Crippen LogP contribution in [-0.2, 0) is 9.59 Å². The summed E-state index contributed by atoms with van der Waals surface area (Å²) in [6.45, 7) is 3.44. The molecule has 0 aromatic heterocycles. The Bertz CT molecular complexity index is 352. The van der Waals surface area contributed by atoms with E-state index in [2.05, 4.69) is 6.58 Å². The van der Waals surface area contributed by atoms with E-state index in [1.165, 1.54) is 6.20 Å². The number of hydrogen-bond donors (Lipinski definition) is 0. The van der Waals surface area contributed by atoms with Crippen molar-refractivity contribution >= 4 is 11.8 Å². The molecular formula is C10H9NO2. The first-order valence-electron chi connectivity index (χ1n) is 4.12. The Balaban J connectivity index is 2.44. The number of imide groups is 1. The summed E-state index contributed by atoms with van der Waals surface area (Å²) in [7, 11) is 0. The van der Waals surface area contributed by atoms with E-state index in [1.54, 1.807) is 6.08 Å². The highest BCUT2D eigenvalue weighted by molar-refractivity contribution is 6.16. The molecular weight excluding hydrogens is 166 g/mol. The number of carbonyl (C=O) groups excluding carboxylic acids is 2. The van der Waals surface area contributed by atoms with Gasteiger partial charge in [-0.1, -0.05) is 24.8 Å². The van der Waals surface area contributed by atoms with Crippen LogP contribution >= 0.6 is 0 Å². The molecule has 66 valence electrons. The molecule has 0 unspecified atom stereocenters. The third-order valence-corrected chi connectivity index (χ3v) is 2.34. The molecule has 0 radical (unpaired) electrons. The summed E-state index contributed by atoms with van der Waals surface area (Å²) in [6, 6.07) is 0. The number of nitrogens with zero attached hydrogens (tertiary/aromatic N) is 1. The van der Waals surface area contributed by atoms with Gasteiger partial charge in [0, 0.05) is 11.8 Å². The summed E-state index contributed by atoms with van der Waals surface area (Å²) < 4.78 is 0. The van der Waals surface area contributed by atoms with Crippen LogP contribution < -0.4 is 0 Å². The average Bonchev–Trinajstić information content (AvgIpc) is 2.41. The van der Waals surface area contributed by atoms with Gasteiger partial charge in [-0.25, -0.2) is 0 Å². The van der Waals surface area contributed by atoms with E-state index in [4.69, 9.17) is 0 Å². The van der Waals surface area contributed by atoms with E-state index in [0.29, 0.717) is 12.0 Å². The quantitative estimate of drug-likeness (QED) is 0.557. The van der Waals surface area contributed by atoms with Crippen LogP contribution in [0.1, 0.15) is 6.42 Å². The minimum absolute atomic E-state index is 0.157. The van der Waals surface area contributed by atoms with Crippen molar-refractivity contribution in [2.45, 2.75) is 6.42 Å². The second-order valence-corrected chi connectivity index (χ2v) is 3.03. The number of carbonyl (C=O) groups is 2. The van der Waals surface area contributed by atoms with Gasteiger partial charge in [0.2, 0.25) is 5.91 Å². The summed E-state index contributed by atoms with van der Waals surface area (Å²) in [6.07, 6.45) is 7.32. The van der Waals surface area contributed by atoms with Crippen molar-refractivity contribution in [1.29, 1.82) is 0 Å². The van der Waals surface area contributed by atoms with E-state index in [9.17, 15) is 9.59 Å². The number of rotatable bonds is 1. The maximum Gasteiger partial charge on any atom is 0.261 e. The Morgan fingerprint density at radius 2 is 2.31 bits per heavy atom. The van der Waals surface area contributed by atoms with Crippen LogP contribution in [0.25, 0.3) is 0 Å². The van der Waals surface area contributed by atoms with Gasteiger partial charge in [-0.05, 0) is 6.42 Å². The van der Waals surface area contributed by atoms with E-state index < -0.39 is 0 Å². The van der Waals surface area contributed by atoms with Crippen molar-refractivity contribution in [3.05, 3.63) is 36.6 Å². The molecule has 3 nitrogen and oxygen atoms in total. The molecule has 0 saturated carbocycles. The van der Waals surface area contributed by atoms with Crippen LogP contribution in [0.3, 0.4) is 0 Å². The van der Waals surface area contributed by atoms with Gasteiger partial charge in [0.25, 0.3) is 5.91 Å². The van der Waals surface area contributed by atoms with Crippen molar-refractivity contribution in [2.24, 2.45) is 5.92 Å². The summed E-state index contributed by atoms with van der Waals surface area (Å²) >= 11 is 0. The number of hydrogen-bond acceptors (Lipinski definition) is 2. The Morgan fingerprint density at radius 1 is 1.54 bits per heavy atom. The van der Waals surface area contributed by atoms with Crippen molar-refractivity contribution in [2.75, 3.05) is 0 Å². The molecule has 1 atom stereocenters. The Hall–Kier alpha value is -1.64. The van der Waals surface area contributed by atoms with Crippen molar-refractivity contribution in [3.8, 4) is 0 Å². The molecule has 0 aromatic rings. The fraction of sp³-hybridized carbons (Fsp3) is 0.200. The summed E-state index contributed by atoms with van der Waals surface area (Å²) in [5, 5.41) is 0. The van der Waals surface area contributed by atoms with Crippen LogP contribution in [0.5, 0.6) is 0 Å². The maximum absolute atomic E-state index is 11.5. The second kappa shape index (κ2) is 2.69. The van der Waals surface area contributed by atoms with Crippen molar-refractivity contribution in [3.63, 3.8) is 0 Å². The molecule has 0 spiro atoms. The van der Waals surface area contributed by atoms with Crippen LogP contribution in [0, 0.1) is 5.92 Å². The zero-order chi connectivity index (χ0) is 9.42. The topological polar surface area (TPSA) is 37.4 Å². The number of amides is 2. The third kappa shape index (κ3) is 0.967. The molecule has 1 aliphatic carbocycles. The van der Waals surface area contributed by atoms with E-state index >= 15 is 0 Å². The minimum atomic E-state index is -0.268. The summed E-state index contributed by atoms with van der Waals surface area (Å²) in [4.78, 5) is 24.1. The first-order chi connectivity index (χ1) is 6.25. The van der Waals surface area contributed by atoms with Gasteiger partial charge in [0.05, 0.1) is 5.92 Å². The van der Waals surface area contributed by atoms with E-state index in [1.807, 2.05) is 12.2 Å². The van der Waals surface area contributed by atoms with Gasteiger partial charge < -0.3 is 0 Å². The third-order valence-electron chi connectivity index (χ3n) is 2.34. The number of likely N-dealkylation sites (tertiary alicyclic amines) is 1. The van der Waals surface area contributed by atoms with Gasteiger partial charge in [-0.2, -0.15) is 0 Å². The van der Waals surface area contributed by atoms with Gasteiger partial charge in [0.15, 0.2) is 0 Å². The first kappa shape index (κ1) is 7.98. The molecule has 2 amide bonds. The van der Waals surface area contributed by atoms with Crippen LogP contribution in [-0.4, -0.2) is 16.7 Å². The zero-order valence-electron chi connectivity index (χ0n) is 7.06. The number of fused-ring (bicyclic) bond motifs is 1. The zero-order valence-corrected chi connectivity index (χ0v) is 7.06. The second-order valence-electron chi connectivity index (χ2n) is 3.03. The highest BCUT2D eigenvalue weighted by atomic mass is 16.2. The fourth-order valence-electron chi connectivity index (χ4n) is 1.66. The molecule has 1 aliphatic heterocycles. The van der Waals surface area contributed by atoms with Crippen LogP contribution in [0.2, 0.25) is 0 Å². The van der Waals surface area contributed by atoms with E-state index in [0.717, 1.165) is 4.90 Å². The summed E-state index contributed by atoms with van der Waals surface area (Å²) in [5.74, 6) is -0.652. The minimum Gasteiger partial charge on any atom is -0.273 e. The van der Waals surface area contributed by atoms with Crippen LogP contribution in [0.4, 0.5) is 0 Å². The molecule has 1 saturated heterocycles. The Labute approximate surface area is 76.0 Å². The largest absolute Gasteiger partial charge is 0.273 e. The lowest BCUT2D eigenvalue weighted by atomic mass is 9.94. The van der Waals surface area contributed by atoms with E-state index in [-0.39, 0.29) is 17.7 Å². The SMILES string of the molecule is C=CN1C(=O)C2=CC=CC[C@H]2C1=O. The smallest absolute Gasteiger partial charge is 0.261 e. The molecule has 1 fully saturated rings. The predicted molar refractivity (Wildman–Crippen MR) is 47.4 cm³/mol. The highest BCUT2D eigenvalue weighted by Crippen LogP contribution is 2.31. The molecule has 0 N–H and O–H groups in total. The molecule has 0 aromatic carbocycles. The van der Waals surface area contributed by atoms with Gasteiger partial charge in [0.1, 0.15) is 0 Å². The number of allylic oxidation sites excluding steroid dienone is 3. The molecule has 0 bridgehead atoms. The molecule has 1 heterocycles. The maximum atomic E-state index is 11.5. The monoisotopic (exact) mass is 175 g/mol. The lowest BCUT2D eigenvalue weighted by Crippen LogP contribution is -2.24. The molecule has 2 rings (SSSR count). The van der Waals surface area contributed by atoms with Gasteiger partial charge in [-0.3, -0.25) is 14.5 Å². The highest BCUT2D eigenvalue weighted by Gasteiger charge is 2.41. The molecule has 13 heavy (non-hydrogen) atoms. The van der Waals surface area contributed by atoms with Crippen LogP contribution in [0.15, 0.2) is 36.6 Å². The molecule has 2 aliphatic rings. The van der Waals surface area contributed by atoms with Crippen molar-refractivity contribution in [1.82, 2.24) is 4.90 Å². The Kier molecular flexibility index (Phi) is 1.65. The van der Waals surface area contributed by atoms with Crippen molar-refractivity contribution < 1.29 is 9.59 Å². The first-order valence-corrected chi connectivity index (χ1v) is 4.12. The van der Waals surface area contributed by atoms with Gasteiger partial charge >= 0.3 is 0 Å². The lowest BCUT2D eigenvalue weighted by molar-refractivity contribution is -0.135. The Morgan fingerprint density at radius 3 is 2.92 bits per heavy atom. The van der Waals surface area contributed by atoms with Gasteiger partial charge in [-0.15, -0.1) is 0 Å². The fourth-order valence-corrected chi connectivity index (χ4v) is 1.66. The normalized spacial score (nSPS) is 26.0.